The number of benzene rings is 1. The van der Waals surface area contributed by atoms with Crippen molar-refractivity contribution in [1.82, 2.24) is 0 Å². The van der Waals surface area contributed by atoms with Crippen molar-refractivity contribution >= 4 is 11.8 Å². The van der Waals surface area contributed by atoms with Crippen LogP contribution in [0.15, 0.2) is 18.2 Å². The number of para-hydroxylation sites is 1. The van der Waals surface area contributed by atoms with Gasteiger partial charge in [-0.1, -0.05) is 25.1 Å². The molecule has 17 heavy (non-hydrogen) atoms. The lowest BCUT2D eigenvalue weighted by Gasteiger charge is -2.20. The van der Waals surface area contributed by atoms with Crippen molar-refractivity contribution in [1.29, 1.82) is 0 Å². The van der Waals surface area contributed by atoms with Crippen molar-refractivity contribution < 1.29 is 5.11 Å². The molecule has 0 bridgehead atoms. The summed E-state index contributed by atoms with van der Waals surface area (Å²) in [4.78, 5) is 0. The first-order chi connectivity index (χ1) is 8.19. The maximum Gasteiger partial charge on any atom is 0.123 e. The fourth-order valence-corrected chi connectivity index (χ4v) is 3.08. The summed E-state index contributed by atoms with van der Waals surface area (Å²) in [6, 6.07) is 6.26. The van der Waals surface area contributed by atoms with Crippen LogP contribution in [0.25, 0.3) is 0 Å². The number of hydrogen-bond donors (Lipinski definition) is 1. The van der Waals surface area contributed by atoms with Crippen molar-refractivity contribution in [2.45, 2.75) is 44.3 Å². The molecule has 2 unspecified atom stereocenters. The molecule has 0 spiro atoms. The molecule has 2 atom stereocenters. The van der Waals surface area contributed by atoms with Gasteiger partial charge in [-0.3, -0.25) is 0 Å². The van der Waals surface area contributed by atoms with Crippen LogP contribution in [-0.4, -0.2) is 11.4 Å². The summed E-state index contributed by atoms with van der Waals surface area (Å²) < 4.78 is 0. The van der Waals surface area contributed by atoms with E-state index in [0.717, 1.165) is 17.9 Å². The lowest BCUT2D eigenvalue weighted by Crippen LogP contribution is -2.02. The number of thioether (sulfide) groups is 1. The standard InChI is InChI=1S/C15H22OS/c1-4-12(11-8-9-11)14-7-5-6-13(15(14)16)10(2)17-3/h5-7,10-12,16H,4,8-9H2,1-3H3. The fourth-order valence-electron chi connectivity index (χ4n) is 2.64. The van der Waals surface area contributed by atoms with Gasteiger partial charge in [-0.05, 0) is 49.8 Å². The maximum absolute atomic E-state index is 10.5. The Balaban J connectivity index is 2.33. The average molecular weight is 250 g/mol. The number of phenols is 1. The zero-order chi connectivity index (χ0) is 12.4. The van der Waals surface area contributed by atoms with E-state index in [0.29, 0.717) is 16.9 Å². The van der Waals surface area contributed by atoms with E-state index in [2.05, 4.69) is 38.3 Å². The Morgan fingerprint density at radius 1 is 1.35 bits per heavy atom. The first-order valence-corrected chi connectivity index (χ1v) is 7.82. The van der Waals surface area contributed by atoms with E-state index in [1.54, 1.807) is 11.8 Å². The van der Waals surface area contributed by atoms with Gasteiger partial charge < -0.3 is 5.11 Å². The highest BCUT2D eigenvalue weighted by Gasteiger charge is 2.32. The molecule has 1 saturated carbocycles. The molecule has 1 N–H and O–H groups in total. The van der Waals surface area contributed by atoms with E-state index in [1.807, 2.05) is 0 Å². The highest BCUT2D eigenvalue weighted by atomic mass is 32.2. The average Bonchev–Trinajstić information content (AvgIpc) is 3.16. The molecule has 0 heterocycles. The molecule has 0 aromatic heterocycles. The van der Waals surface area contributed by atoms with Crippen LogP contribution < -0.4 is 0 Å². The van der Waals surface area contributed by atoms with E-state index in [4.69, 9.17) is 0 Å². The van der Waals surface area contributed by atoms with Gasteiger partial charge in [0.15, 0.2) is 0 Å². The second kappa shape index (κ2) is 5.34. The molecule has 1 aliphatic carbocycles. The lowest BCUT2D eigenvalue weighted by atomic mass is 9.89. The van der Waals surface area contributed by atoms with Gasteiger partial charge in [0.1, 0.15) is 5.75 Å². The predicted octanol–water partition coefficient (Wildman–Crippen LogP) is 4.72. The molecule has 2 rings (SSSR count). The van der Waals surface area contributed by atoms with E-state index >= 15 is 0 Å². The molecule has 0 amide bonds. The minimum absolute atomic E-state index is 0.367. The van der Waals surface area contributed by atoms with E-state index < -0.39 is 0 Å². The van der Waals surface area contributed by atoms with Crippen molar-refractivity contribution in [2.24, 2.45) is 5.92 Å². The molecular formula is C15H22OS. The molecule has 1 fully saturated rings. The molecule has 0 radical (unpaired) electrons. The zero-order valence-corrected chi connectivity index (χ0v) is 11.8. The van der Waals surface area contributed by atoms with Crippen LogP contribution in [0.1, 0.15) is 55.4 Å². The fraction of sp³-hybridized carbons (Fsp3) is 0.600. The largest absolute Gasteiger partial charge is 0.507 e. The third kappa shape index (κ3) is 2.62. The van der Waals surface area contributed by atoms with Gasteiger partial charge in [-0.25, -0.2) is 0 Å². The van der Waals surface area contributed by atoms with Crippen molar-refractivity contribution in [2.75, 3.05) is 6.26 Å². The highest BCUT2D eigenvalue weighted by Crippen LogP contribution is 2.48. The van der Waals surface area contributed by atoms with Gasteiger partial charge in [0.05, 0.1) is 0 Å². The summed E-state index contributed by atoms with van der Waals surface area (Å²) >= 11 is 1.78. The molecule has 2 heteroatoms. The molecular weight excluding hydrogens is 228 g/mol. The van der Waals surface area contributed by atoms with E-state index in [1.165, 1.54) is 18.4 Å². The third-order valence-corrected chi connectivity index (χ3v) is 4.88. The van der Waals surface area contributed by atoms with Crippen LogP contribution >= 0.6 is 11.8 Å². The van der Waals surface area contributed by atoms with Crippen LogP contribution in [0.4, 0.5) is 0 Å². The SMILES string of the molecule is CCC(c1cccc(C(C)SC)c1O)C1CC1. The molecule has 0 aliphatic heterocycles. The summed E-state index contributed by atoms with van der Waals surface area (Å²) in [6.07, 6.45) is 5.89. The maximum atomic E-state index is 10.5. The van der Waals surface area contributed by atoms with Crippen LogP contribution in [0.3, 0.4) is 0 Å². The number of rotatable bonds is 5. The molecule has 1 aromatic carbocycles. The monoisotopic (exact) mass is 250 g/mol. The van der Waals surface area contributed by atoms with Crippen molar-refractivity contribution in [3.05, 3.63) is 29.3 Å². The molecule has 1 aliphatic rings. The van der Waals surface area contributed by atoms with Gasteiger partial charge in [0, 0.05) is 10.8 Å². The Morgan fingerprint density at radius 2 is 2.00 bits per heavy atom. The second-order valence-corrected chi connectivity index (χ2v) is 6.19. The van der Waals surface area contributed by atoms with Crippen molar-refractivity contribution in [3.8, 4) is 5.75 Å². The quantitative estimate of drug-likeness (QED) is 0.816. The van der Waals surface area contributed by atoms with Crippen LogP contribution in [0.2, 0.25) is 0 Å². The number of hydrogen-bond acceptors (Lipinski definition) is 2. The molecule has 94 valence electrons. The van der Waals surface area contributed by atoms with Crippen LogP contribution in [0.5, 0.6) is 5.75 Å². The normalized spacial score (nSPS) is 19.0. The predicted molar refractivity (Wildman–Crippen MR) is 75.8 cm³/mol. The summed E-state index contributed by atoms with van der Waals surface area (Å²) in [6.45, 7) is 4.38. The minimum Gasteiger partial charge on any atom is -0.507 e. The number of phenolic OH excluding ortho intramolecular Hbond substituents is 1. The van der Waals surface area contributed by atoms with E-state index in [9.17, 15) is 5.11 Å². The third-order valence-electron chi connectivity index (χ3n) is 3.92. The van der Waals surface area contributed by atoms with Crippen molar-refractivity contribution in [3.63, 3.8) is 0 Å². The smallest absolute Gasteiger partial charge is 0.123 e. The van der Waals surface area contributed by atoms with Gasteiger partial charge in [-0.15, -0.1) is 0 Å². The first kappa shape index (κ1) is 12.8. The molecule has 1 aromatic rings. The van der Waals surface area contributed by atoms with Gasteiger partial charge >= 0.3 is 0 Å². The summed E-state index contributed by atoms with van der Waals surface area (Å²) in [7, 11) is 0. The molecule has 0 saturated heterocycles. The lowest BCUT2D eigenvalue weighted by molar-refractivity contribution is 0.445. The highest BCUT2D eigenvalue weighted by molar-refractivity contribution is 7.98. The Morgan fingerprint density at radius 3 is 2.53 bits per heavy atom. The van der Waals surface area contributed by atoms with Crippen LogP contribution in [0, 0.1) is 5.92 Å². The topological polar surface area (TPSA) is 20.2 Å². The Hall–Kier alpha value is -0.630. The van der Waals surface area contributed by atoms with Crippen LogP contribution in [-0.2, 0) is 0 Å². The first-order valence-electron chi connectivity index (χ1n) is 6.53. The van der Waals surface area contributed by atoms with E-state index in [-0.39, 0.29) is 0 Å². The Bertz CT molecular complexity index is 385. The minimum atomic E-state index is 0.367. The van der Waals surface area contributed by atoms with Gasteiger partial charge in [-0.2, -0.15) is 11.8 Å². The Labute approximate surface area is 109 Å². The summed E-state index contributed by atoms with van der Waals surface area (Å²) in [5, 5.41) is 10.8. The summed E-state index contributed by atoms with van der Waals surface area (Å²) in [5.41, 5.74) is 2.27. The zero-order valence-electron chi connectivity index (χ0n) is 10.9. The number of aromatic hydroxyl groups is 1. The molecule has 1 nitrogen and oxygen atoms in total. The second-order valence-electron chi connectivity index (χ2n) is 5.02. The summed E-state index contributed by atoms with van der Waals surface area (Å²) in [5.74, 6) is 1.92. The Kier molecular flexibility index (Phi) is 4.03. The van der Waals surface area contributed by atoms with Gasteiger partial charge in [0.25, 0.3) is 0 Å². The van der Waals surface area contributed by atoms with Gasteiger partial charge in [0.2, 0.25) is 0 Å².